The van der Waals surface area contributed by atoms with Gasteiger partial charge in [0.2, 0.25) is 0 Å². The third-order valence-electron chi connectivity index (χ3n) is 1.32. The van der Waals surface area contributed by atoms with Gasteiger partial charge in [-0.3, -0.25) is 0 Å². The zero-order valence-electron chi connectivity index (χ0n) is 6.24. The van der Waals surface area contributed by atoms with E-state index in [2.05, 4.69) is 0 Å². The molecule has 4 heteroatoms. The van der Waals surface area contributed by atoms with E-state index in [9.17, 15) is 9.90 Å². The fourth-order valence-corrected chi connectivity index (χ4v) is 1.61. The summed E-state index contributed by atoms with van der Waals surface area (Å²) in [5.41, 5.74) is 0. The zero-order valence-corrected chi connectivity index (χ0v) is 7.06. The number of carboxylic acids is 1. The van der Waals surface area contributed by atoms with Gasteiger partial charge in [0, 0.05) is 6.42 Å². The Morgan fingerprint density at radius 1 is 1.82 bits per heavy atom. The first-order chi connectivity index (χ1) is 5.25. The molecule has 0 fully saturated rings. The van der Waals surface area contributed by atoms with Crippen molar-refractivity contribution in [2.24, 2.45) is 0 Å². The van der Waals surface area contributed by atoms with Crippen molar-refractivity contribution in [2.75, 3.05) is 0 Å². The minimum atomic E-state index is -1.09. The minimum Gasteiger partial charge on any atom is -0.539 e. The molecule has 0 aliphatic carbocycles. The molecule has 1 aromatic heterocycles. The van der Waals surface area contributed by atoms with Crippen LogP contribution in [0.5, 0.6) is 0 Å². The Labute approximate surface area is 68.9 Å². The monoisotopic (exact) mass is 171 g/mol. The van der Waals surface area contributed by atoms with Gasteiger partial charge < -0.3 is 9.90 Å². The van der Waals surface area contributed by atoms with E-state index in [1.807, 2.05) is 6.92 Å². The number of rotatable bonds is 3. The summed E-state index contributed by atoms with van der Waals surface area (Å²) in [5, 5.41) is 12.5. The molecule has 60 valence electrons. The number of hydrogen-bond acceptors (Lipinski definition) is 3. The number of hydrogen-bond donors (Lipinski definition) is 0. The first-order valence-electron chi connectivity index (χ1n) is 3.44. The molecule has 1 aromatic rings. The fraction of sp³-hybridized carbons (Fsp3) is 0.429. The maximum atomic E-state index is 10.4. The third kappa shape index (κ3) is 1.77. The van der Waals surface area contributed by atoms with Crippen LogP contribution in [-0.2, 0) is 6.54 Å². The molecule has 0 aromatic carbocycles. The molecular formula is C7H9NO2S. The van der Waals surface area contributed by atoms with E-state index in [-0.39, 0.29) is 0 Å². The van der Waals surface area contributed by atoms with Crippen molar-refractivity contribution < 1.29 is 14.5 Å². The molecule has 0 aliphatic rings. The zero-order chi connectivity index (χ0) is 8.27. The summed E-state index contributed by atoms with van der Waals surface area (Å²) in [6.07, 6.45) is 2.70. The highest BCUT2D eigenvalue weighted by atomic mass is 32.1. The Hall–Kier alpha value is -0.900. The van der Waals surface area contributed by atoms with Crippen LogP contribution in [0.1, 0.15) is 23.1 Å². The van der Waals surface area contributed by atoms with Crippen molar-refractivity contribution in [3.63, 3.8) is 0 Å². The molecule has 0 saturated carbocycles. The molecule has 0 N–H and O–H groups in total. The van der Waals surface area contributed by atoms with Gasteiger partial charge >= 0.3 is 0 Å². The molecular weight excluding hydrogens is 162 g/mol. The summed E-state index contributed by atoms with van der Waals surface area (Å²) >= 11 is 1.20. The molecule has 0 saturated heterocycles. The van der Waals surface area contributed by atoms with Crippen LogP contribution in [-0.4, -0.2) is 5.97 Å². The number of nitrogens with zero attached hydrogens (tertiary/aromatic N) is 1. The number of aryl methyl sites for hydroxylation is 1. The molecule has 0 radical (unpaired) electrons. The molecule has 11 heavy (non-hydrogen) atoms. The lowest BCUT2D eigenvalue weighted by Gasteiger charge is -1.95. The highest BCUT2D eigenvalue weighted by Gasteiger charge is 2.11. The topological polar surface area (TPSA) is 44.0 Å². The summed E-state index contributed by atoms with van der Waals surface area (Å²) in [6.45, 7) is 2.75. The van der Waals surface area contributed by atoms with E-state index in [0.29, 0.717) is 5.01 Å². The number of thiazole rings is 1. The first kappa shape index (κ1) is 8.20. The predicted molar refractivity (Wildman–Crippen MR) is 39.1 cm³/mol. The van der Waals surface area contributed by atoms with Gasteiger partial charge in [-0.1, -0.05) is 18.3 Å². The summed E-state index contributed by atoms with van der Waals surface area (Å²) in [7, 11) is 0. The molecule has 1 heterocycles. The largest absolute Gasteiger partial charge is 0.539 e. The highest BCUT2D eigenvalue weighted by molar-refractivity contribution is 7.11. The van der Waals surface area contributed by atoms with Crippen LogP contribution in [0, 0.1) is 0 Å². The quantitative estimate of drug-likeness (QED) is 0.592. The normalized spacial score (nSPS) is 9.91. The molecule has 0 aliphatic heterocycles. The number of aromatic carboxylic acids is 1. The first-order valence-corrected chi connectivity index (χ1v) is 4.32. The Balaban J connectivity index is 2.87. The number of carboxylic acid groups (broad SMARTS) is 1. The summed E-state index contributed by atoms with van der Waals surface area (Å²) in [5.74, 6) is -1.09. The lowest BCUT2D eigenvalue weighted by atomic mass is 10.5. The van der Waals surface area contributed by atoms with Crippen molar-refractivity contribution in [2.45, 2.75) is 19.9 Å². The van der Waals surface area contributed by atoms with Gasteiger partial charge in [-0.05, 0) is 0 Å². The van der Waals surface area contributed by atoms with Gasteiger partial charge in [-0.25, -0.2) is 0 Å². The van der Waals surface area contributed by atoms with E-state index >= 15 is 0 Å². The summed E-state index contributed by atoms with van der Waals surface area (Å²) < 4.78 is 1.69. The summed E-state index contributed by atoms with van der Waals surface area (Å²) in [6, 6.07) is 0. The average molecular weight is 171 g/mol. The van der Waals surface area contributed by atoms with Crippen LogP contribution in [0.15, 0.2) is 11.6 Å². The van der Waals surface area contributed by atoms with E-state index in [1.165, 1.54) is 11.3 Å². The van der Waals surface area contributed by atoms with Gasteiger partial charge in [0.1, 0.15) is 6.54 Å². The number of aromatic nitrogens is 1. The summed E-state index contributed by atoms with van der Waals surface area (Å²) in [4.78, 5) is 10.4. The van der Waals surface area contributed by atoms with Crippen molar-refractivity contribution in [1.29, 1.82) is 0 Å². The molecule has 0 bridgehead atoms. The molecule has 0 unspecified atom stereocenters. The Morgan fingerprint density at radius 2 is 2.55 bits per heavy atom. The lowest BCUT2D eigenvalue weighted by molar-refractivity contribution is -0.696. The lowest BCUT2D eigenvalue weighted by Crippen LogP contribution is -2.41. The van der Waals surface area contributed by atoms with Gasteiger partial charge in [0.25, 0.3) is 5.01 Å². The van der Waals surface area contributed by atoms with E-state index in [4.69, 9.17) is 0 Å². The van der Waals surface area contributed by atoms with Crippen LogP contribution >= 0.6 is 11.3 Å². The Kier molecular flexibility index (Phi) is 2.59. The molecule has 1 rings (SSSR count). The Morgan fingerprint density at radius 3 is 3.09 bits per heavy atom. The maximum absolute atomic E-state index is 10.4. The predicted octanol–water partition coefficient (Wildman–Crippen LogP) is -0.191. The van der Waals surface area contributed by atoms with Crippen LogP contribution in [0.4, 0.5) is 0 Å². The molecule has 3 nitrogen and oxygen atoms in total. The van der Waals surface area contributed by atoms with Crippen LogP contribution in [0.2, 0.25) is 0 Å². The van der Waals surface area contributed by atoms with Crippen molar-refractivity contribution >= 4 is 17.3 Å². The van der Waals surface area contributed by atoms with Crippen LogP contribution in [0.3, 0.4) is 0 Å². The van der Waals surface area contributed by atoms with Gasteiger partial charge in [0.15, 0.2) is 12.2 Å². The Bertz CT molecular complexity index is 257. The number of carbonyl (C=O) groups excluding carboxylic acids is 1. The third-order valence-corrected chi connectivity index (χ3v) is 2.20. The maximum Gasteiger partial charge on any atom is 0.284 e. The van der Waals surface area contributed by atoms with E-state index < -0.39 is 5.97 Å². The van der Waals surface area contributed by atoms with Crippen LogP contribution in [0.25, 0.3) is 0 Å². The standard InChI is InChI=1S/C7H9NO2S/c1-2-3-8-4-5-11-6(8)7(9)10/h4-5H,2-3H2,1H3. The molecule has 0 atom stereocenters. The average Bonchev–Trinajstić information content (AvgIpc) is 2.36. The van der Waals surface area contributed by atoms with E-state index in [0.717, 1.165) is 13.0 Å². The van der Waals surface area contributed by atoms with Gasteiger partial charge in [0.05, 0.1) is 5.38 Å². The number of carbonyl (C=O) groups is 1. The van der Waals surface area contributed by atoms with Crippen molar-refractivity contribution in [3.8, 4) is 0 Å². The van der Waals surface area contributed by atoms with Gasteiger partial charge in [-0.15, -0.1) is 0 Å². The molecule has 0 spiro atoms. The van der Waals surface area contributed by atoms with E-state index in [1.54, 1.807) is 16.1 Å². The van der Waals surface area contributed by atoms with Gasteiger partial charge in [-0.2, -0.15) is 4.57 Å². The SMILES string of the molecule is CCC[n+]1ccsc1C(=O)[O-]. The smallest absolute Gasteiger partial charge is 0.284 e. The second-order valence-electron chi connectivity index (χ2n) is 2.19. The second-order valence-corrected chi connectivity index (χ2v) is 3.08. The van der Waals surface area contributed by atoms with Crippen molar-refractivity contribution in [1.82, 2.24) is 0 Å². The second kappa shape index (κ2) is 3.48. The fourth-order valence-electron chi connectivity index (χ4n) is 0.886. The minimum absolute atomic E-state index is 0.298. The molecule has 0 amide bonds. The van der Waals surface area contributed by atoms with Crippen molar-refractivity contribution in [3.05, 3.63) is 16.6 Å². The van der Waals surface area contributed by atoms with Crippen LogP contribution < -0.4 is 9.67 Å². The highest BCUT2D eigenvalue weighted by Crippen LogP contribution is 2.00.